The first-order valence-electron chi connectivity index (χ1n) is 11.9. The van der Waals surface area contributed by atoms with Crippen molar-refractivity contribution in [2.45, 2.75) is 105 Å². The molecule has 29 heavy (non-hydrogen) atoms. The molecule has 0 N–H and O–H groups in total. The van der Waals surface area contributed by atoms with Crippen LogP contribution in [-0.4, -0.2) is 54.4 Å². The van der Waals surface area contributed by atoms with Crippen LogP contribution < -0.4 is 0 Å². The van der Waals surface area contributed by atoms with Gasteiger partial charge in [0.2, 0.25) is 0 Å². The number of rotatable bonds is 16. The summed E-state index contributed by atoms with van der Waals surface area (Å²) in [5.41, 5.74) is 0. The van der Waals surface area contributed by atoms with Crippen LogP contribution in [0, 0.1) is 0 Å². The summed E-state index contributed by atoms with van der Waals surface area (Å²) in [6, 6.07) is 0. The van der Waals surface area contributed by atoms with E-state index in [1.807, 2.05) is 13.8 Å². The zero-order chi connectivity index (χ0) is 22.1. The van der Waals surface area contributed by atoms with Crippen LogP contribution in [0.15, 0.2) is 0 Å². The molecule has 0 unspecified atom stereocenters. The molecule has 0 rings (SSSR count). The van der Waals surface area contributed by atoms with E-state index in [0.29, 0.717) is 0 Å². The van der Waals surface area contributed by atoms with Crippen LogP contribution in [0.4, 0.5) is 0 Å². The molecule has 0 radical (unpaired) electrons. The molecule has 5 heteroatoms. The van der Waals surface area contributed by atoms with Crippen LogP contribution in [0.25, 0.3) is 21.3 Å². The average molecular weight is 492 g/mol. The fraction of sp³-hybridized carbons (Fsp3) is 1.00. The SMILES string of the molecule is CCCCCCCC[N-]CCCCCCCC.CC[N-]CC.C[N-]C.C[N-]C.[Zr+4]. The van der Waals surface area contributed by atoms with Gasteiger partial charge in [0, 0.05) is 0 Å². The van der Waals surface area contributed by atoms with Gasteiger partial charge in [0.25, 0.3) is 0 Å². The third kappa shape index (κ3) is 73.3. The quantitative estimate of drug-likeness (QED) is 0.194. The van der Waals surface area contributed by atoms with Gasteiger partial charge in [-0.3, -0.25) is 0 Å². The standard InChI is InChI=1S/C16H34N.C4H10N.2C2H6N.Zr/c1-3-5-7-9-11-13-15-17-16-14-12-10-8-6-4-2;1-3-5-4-2;2*1-3-2;/h3-16H2,1-2H3;3-4H2,1-2H3;2*1-2H3;/q4*-1;+4. The van der Waals surface area contributed by atoms with Gasteiger partial charge in [-0.25, -0.2) is 0 Å². The van der Waals surface area contributed by atoms with Gasteiger partial charge in [0.15, 0.2) is 0 Å². The van der Waals surface area contributed by atoms with E-state index in [9.17, 15) is 0 Å². The van der Waals surface area contributed by atoms with Crippen LogP contribution in [0.5, 0.6) is 0 Å². The second-order valence-corrected chi connectivity index (χ2v) is 6.96. The summed E-state index contributed by atoms with van der Waals surface area (Å²) in [5, 5.41) is 15.6. The zero-order valence-electron chi connectivity index (χ0n) is 21.6. The van der Waals surface area contributed by atoms with Crippen LogP contribution >= 0.6 is 0 Å². The molecule has 4 nitrogen and oxygen atoms in total. The van der Waals surface area contributed by atoms with Crippen LogP contribution in [0.2, 0.25) is 0 Å². The van der Waals surface area contributed by atoms with Crippen molar-refractivity contribution >= 4 is 0 Å². The molecule has 0 saturated heterocycles. The predicted molar refractivity (Wildman–Crippen MR) is 135 cm³/mol. The van der Waals surface area contributed by atoms with Crippen molar-refractivity contribution in [3.05, 3.63) is 21.3 Å². The van der Waals surface area contributed by atoms with Crippen LogP contribution in [0.1, 0.15) is 105 Å². The molecule has 0 atom stereocenters. The minimum absolute atomic E-state index is 0. The molecular weight excluding hydrogens is 436 g/mol. The third-order valence-electron chi connectivity index (χ3n) is 3.79. The van der Waals surface area contributed by atoms with Crippen molar-refractivity contribution in [3.8, 4) is 0 Å². The topological polar surface area (TPSA) is 56.4 Å². The second kappa shape index (κ2) is 51.4. The monoisotopic (exact) mass is 490 g/mol. The third-order valence-corrected chi connectivity index (χ3v) is 3.79. The first-order valence-corrected chi connectivity index (χ1v) is 11.9. The van der Waals surface area contributed by atoms with E-state index >= 15 is 0 Å². The van der Waals surface area contributed by atoms with Crippen LogP contribution in [-0.2, 0) is 26.2 Å². The summed E-state index contributed by atoms with van der Waals surface area (Å²) < 4.78 is 0. The Hall–Kier alpha value is 0.723. The molecule has 0 bridgehead atoms. The average Bonchev–Trinajstić information content (AvgIpc) is 2.68. The van der Waals surface area contributed by atoms with Crippen molar-refractivity contribution < 1.29 is 26.2 Å². The Bertz CT molecular complexity index is 178. The summed E-state index contributed by atoms with van der Waals surface area (Å²) in [5.74, 6) is 0. The Morgan fingerprint density at radius 2 is 0.690 bits per heavy atom. The maximum atomic E-state index is 4.61. The Morgan fingerprint density at radius 3 is 0.931 bits per heavy atom. The summed E-state index contributed by atoms with van der Waals surface area (Å²) in [6.45, 7) is 12.8. The van der Waals surface area contributed by atoms with E-state index < -0.39 is 0 Å². The van der Waals surface area contributed by atoms with E-state index in [2.05, 4.69) is 35.1 Å². The van der Waals surface area contributed by atoms with Crippen LogP contribution in [0.3, 0.4) is 0 Å². The van der Waals surface area contributed by atoms with Gasteiger partial charge in [-0.15, -0.1) is 13.1 Å². The fourth-order valence-electron chi connectivity index (χ4n) is 2.34. The van der Waals surface area contributed by atoms with Gasteiger partial charge in [0.05, 0.1) is 0 Å². The van der Waals surface area contributed by atoms with Gasteiger partial charge >= 0.3 is 26.2 Å². The van der Waals surface area contributed by atoms with Crippen molar-refractivity contribution in [2.24, 2.45) is 0 Å². The number of nitrogens with zero attached hydrogens (tertiary/aromatic N) is 4. The van der Waals surface area contributed by atoms with Gasteiger partial charge in [-0.1, -0.05) is 105 Å². The van der Waals surface area contributed by atoms with E-state index in [1.54, 1.807) is 28.2 Å². The Labute approximate surface area is 206 Å². The van der Waals surface area contributed by atoms with E-state index in [1.165, 1.54) is 77.0 Å². The summed E-state index contributed by atoms with van der Waals surface area (Å²) >= 11 is 0. The molecule has 0 fully saturated rings. The van der Waals surface area contributed by atoms with E-state index in [-0.39, 0.29) is 26.2 Å². The molecule has 0 aliphatic rings. The Balaban J connectivity index is -0.000000132. The maximum Gasteiger partial charge on any atom is 4.00 e. The molecular formula is C24H56N4Zr. The van der Waals surface area contributed by atoms with E-state index in [4.69, 9.17) is 0 Å². The Kier molecular flexibility index (Phi) is 71.1. The van der Waals surface area contributed by atoms with Gasteiger partial charge in [0.1, 0.15) is 0 Å². The van der Waals surface area contributed by atoms with Crippen molar-refractivity contribution in [1.29, 1.82) is 0 Å². The normalized spacial score (nSPS) is 9.10. The summed E-state index contributed by atoms with van der Waals surface area (Å²) in [6.07, 6.45) is 16.6. The first-order chi connectivity index (χ1) is 13.7. The van der Waals surface area contributed by atoms with Gasteiger partial charge < -0.3 is 21.3 Å². The molecule has 0 aromatic heterocycles. The molecule has 0 spiro atoms. The van der Waals surface area contributed by atoms with Gasteiger partial charge in [-0.2, -0.15) is 41.3 Å². The molecule has 0 aromatic carbocycles. The van der Waals surface area contributed by atoms with Crippen molar-refractivity contribution in [1.82, 2.24) is 0 Å². The summed E-state index contributed by atoms with van der Waals surface area (Å²) in [7, 11) is 7.00. The zero-order valence-corrected chi connectivity index (χ0v) is 24.1. The van der Waals surface area contributed by atoms with E-state index in [0.717, 1.165) is 26.2 Å². The minimum Gasteiger partial charge on any atom is -0.668 e. The smallest absolute Gasteiger partial charge is 0.668 e. The molecule has 176 valence electrons. The van der Waals surface area contributed by atoms with Crippen molar-refractivity contribution in [3.63, 3.8) is 0 Å². The molecule has 0 aromatic rings. The molecule has 0 aliphatic heterocycles. The number of hydrogen-bond donors (Lipinski definition) is 0. The van der Waals surface area contributed by atoms with Gasteiger partial charge in [-0.05, 0) is 0 Å². The molecule has 0 saturated carbocycles. The fourth-order valence-corrected chi connectivity index (χ4v) is 2.34. The molecule has 0 heterocycles. The molecule has 0 amide bonds. The number of hydrogen-bond acceptors (Lipinski definition) is 0. The Morgan fingerprint density at radius 1 is 0.414 bits per heavy atom. The molecule has 0 aliphatic carbocycles. The van der Waals surface area contributed by atoms with Crippen molar-refractivity contribution in [2.75, 3.05) is 54.4 Å². The predicted octanol–water partition coefficient (Wildman–Crippen LogP) is 8.72. The second-order valence-electron chi connectivity index (χ2n) is 6.96. The number of unbranched alkanes of at least 4 members (excludes halogenated alkanes) is 10. The largest absolute Gasteiger partial charge is 4.00 e. The maximum absolute atomic E-state index is 4.61. The minimum atomic E-state index is 0. The first kappa shape index (κ1) is 40.1. The summed E-state index contributed by atoms with van der Waals surface area (Å²) in [4.78, 5) is 0.